The predicted octanol–water partition coefficient (Wildman–Crippen LogP) is 1.62. The second kappa shape index (κ2) is 5.12. The van der Waals surface area contributed by atoms with E-state index in [2.05, 4.69) is 9.72 Å². The van der Waals surface area contributed by atoms with E-state index in [1.165, 1.54) is 17.0 Å². The molecule has 1 atom stereocenters. The quantitative estimate of drug-likeness (QED) is 0.920. The zero-order chi connectivity index (χ0) is 16.0. The maximum atomic E-state index is 12.3. The lowest BCUT2D eigenvalue weighted by atomic mass is 10.0. The van der Waals surface area contributed by atoms with Crippen LogP contribution < -0.4 is 4.74 Å². The molecule has 1 saturated heterocycles. The monoisotopic (exact) mass is 316 g/mol. The van der Waals surface area contributed by atoms with Gasteiger partial charge in [0.05, 0.1) is 12.3 Å². The third-order valence-electron chi connectivity index (χ3n) is 4.14. The number of hydrogen-bond donors (Lipinski definition) is 1. The number of likely N-dealkylation sites (tertiary alicyclic amines) is 1. The predicted molar refractivity (Wildman–Crippen MR) is 69.4 cm³/mol. The molecule has 1 spiro atoms. The van der Waals surface area contributed by atoms with Crippen LogP contribution in [0, 0.1) is 5.41 Å². The van der Waals surface area contributed by atoms with Gasteiger partial charge in [-0.1, -0.05) is 0 Å². The lowest BCUT2D eigenvalue weighted by Crippen LogP contribution is -2.30. The molecule has 0 radical (unpaired) electrons. The highest BCUT2D eigenvalue weighted by molar-refractivity contribution is 5.92. The highest BCUT2D eigenvalue weighted by Crippen LogP contribution is 2.52. The number of alkyl halides is 3. The standard InChI is InChI=1S/C14H15F3N2O3/c15-14(16,17)8-22-9-1-2-10(18-5-9)12(21)19-6-11(20)13(7-19)3-4-13/h1-2,5,11,20H,3-4,6-8H2. The van der Waals surface area contributed by atoms with Crippen molar-refractivity contribution in [3.63, 3.8) is 0 Å². The van der Waals surface area contributed by atoms with Crippen molar-refractivity contribution in [1.29, 1.82) is 0 Å². The van der Waals surface area contributed by atoms with Gasteiger partial charge in [0.25, 0.3) is 5.91 Å². The molecule has 8 heteroatoms. The van der Waals surface area contributed by atoms with Crippen molar-refractivity contribution in [2.24, 2.45) is 5.41 Å². The van der Waals surface area contributed by atoms with E-state index < -0.39 is 18.9 Å². The van der Waals surface area contributed by atoms with Gasteiger partial charge in [0.1, 0.15) is 11.4 Å². The van der Waals surface area contributed by atoms with Crippen molar-refractivity contribution in [1.82, 2.24) is 9.88 Å². The van der Waals surface area contributed by atoms with Crippen molar-refractivity contribution in [3.05, 3.63) is 24.0 Å². The molecule has 5 nitrogen and oxygen atoms in total. The minimum Gasteiger partial charge on any atom is -0.483 e. The van der Waals surface area contributed by atoms with Gasteiger partial charge in [-0.05, 0) is 25.0 Å². The molecule has 1 aliphatic heterocycles. The molecular formula is C14H15F3N2O3. The summed E-state index contributed by atoms with van der Waals surface area (Å²) in [6.45, 7) is -0.628. The lowest BCUT2D eigenvalue weighted by molar-refractivity contribution is -0.153. The Kier molecular flexibility index (Phi) is 3.51. The van der Waals surface area contributed by atoms with Crippen molar-refractivity contribution in [3.8, 4) is 5.75 Å². The first-order valence-electron chi connectivity index (χ1n) is 6.92. The summed E-state index contributed by atoms with van der Waals surface area (Å²) in [7, 11) is 0. The van der Waals surface area contributed by atoms with E-state index in [1.807, 2.05) is 0 Å². The third kappa shape index (κ3) is 3.01. The van der Waals surface area contributed by atoms with Gasteiger partial charge >= 0.3 is 6.18 Å². The number of pyridine rings is 1. The summed E-state index contributed by atoms with van der Waals surface area (Å²) in [5.74, 6) is -0.376. The Morgan fingerprint density at radius 1 is 1.45 bits per heavy atom. The maximum Gasteiger partial charge on any atom is 0.422 e. The largest absolute Gasteiger partial charge is 0.483 e. The van der Waals surface area contributed by atoms with Crippen molar-refractivity contribution in [2.75, 3.05) is 19.7 Å². The van der Waals surface area contributed by atoms with Crippen LogP contribution in [-0.2, 0) is 0 Å². The van der Waals surface area contributed by atoms with E-state index in [0.717, 1.165) is 19.0 Å². The number of halogens is 3. The van der Waals surface area contributed by atoms with Gasteiger partial charge in [-0.25, -0.2) is 4.98 Å². The molecular weight excluding hydrogens is 301 g/mol. The van der Waals surface area contributed by atoms with E-state index in [1.54, 1.807) is 0 Å². The molecule has 22 heavy (non-hydrogen) atoms. The summed E-state index contributed by atoms with van der Waals surface area (Å²) in [5.41, 5.74) is -0.0185. The van der Waals surface area contributed by atoms with Gasteiger partial charge < -0.3 is 14.7 Å². The van der Waals surface area contributed by atoms with Crippen LogP contribution in [0.15, 0.2) is 18.3 Å². The lowest BCUT2D eigenvalue weighted by Gasteiger charge is -2.15. The Bertz CT molecular complexity index is 570. The molecule has 1 aliphatic carbocycles. The van der Waals surface area contributed by atoms with Crippen LogP contribution in [0.5, 0.6) is 5.75 Å². The number of aliphatic hydroxyl groups excluding tert-OH is 1. The SMILES string of the molecule is O=C(c1ccc(OCC(F)(F)F)cn1)N1CC(O)C2(CC2)C1. The molecule has 2 aliphatic rings. The number of β-amino-alcohol motifs (C(OH)–C–C–N with tert-alkyl or cyclic N) is 1. The number of aliphatic hydroxyl groups is 1. The van der Waals surface area contributed by atoms with Crippen LogP contribution in [0.1, 0.15) is 23.3 Å². The minimum atomic E-state index is -4.42. The number of amides is 1. The summed E-state index contributed by atoms with van der Waals surface area (Å²) in [6.07, 6.45) is -2.01. The number of hydrogen-bond acceptors (Lipinski definition) is 4. The van der Waals surface area contributed by atoms with Crippen LogP contribution in [0.3, 0.4) is 0 Å². The van der Waals surface area contributed by atoms with Gasteiger partial charge in [0.2, 0.25) is 0 Å². The molecule has 1 amide bonds. The van der Waals surface area contributed by atoms with Crippen LogP contribution in [0.2, 0.25) is 0 Å². The molecule has 2 heterocycles. The zero-order valence-electron chi connectivity index (χ0n) is 11.6. The van der Waals surface area contributed by atoms with Gasteiger partial charge in [-0.15, -0.1) is 0 Å². The molecule has 2 fully saturated rings. The van der Waals surface area contributed by atoms with Gasteiger partial charge in [0, 0.05) is 18.5 Å². The van der Waals surface area contributed by atoms with Gasteiger partial charge in [-0.3, -0.25) is 4.79 Å². The van der Waals surface area contributed by atoms with E-state index in [4.69, 9.17) is 0 Å². The number of aromatic nitrogens is 1. The number of ether oxygens (including phenoxy) is 1. The van der Waals surface area contributed by atoms with Crippen molar-refractivity contribution < 1.29 is 27.8 Å². The summed E-state index contributed by atoms with van der Waals surface area (Å²) in [6, 6.07) is 2.61. The van der Waals surface area contributed by atoms with E-state index in [9.17, 15) is 23.1 Å². The Morgan fingerprint density at radius 2 is 2.18 bits per heavy atom. The van der Waals surface area contributed by atoms with E-state index >= 15 is 0 Å². The molecule has 3 rings (SSSR count). The average molecular weight is 316 g/mol. The van der Waals surface area contributed by atoms with E-state index in [0.29, 0.717) is 6.54 Å². The summed E-state index contributed by atoms with van der Waals surface area (Å²) < 4.78 is 40.7. The molecule has 1 aromatic rings. The fraction of sp³-hybridized carbons (Fsp3) is 0.571. The first-order valence-corrected chi connectivity index (χ1v) is 6.92. The van der Waals surface area contributed by atoms with Crippen LogP contribution in [-0.4, -0.2) is 52.9 Å². The highest BCUT2D eigenvalue weighted by Gasteiger charge is 2.55. The fourth-order valence-electron chi connectivity index (χ4n) is 2.68. The van der Waals surface area contributed by atoms with Crippen LogP contribution >= 0.6 is 0 Å². The number of nitrogens with zero attached hydrogens (tertiary/aromatic N) is 2. The normalized spacial score (nSPS) is 22.9. The second-order valence-corrected chi connectivity index (χ2v) is 5.85. The van der Waals surface area contributed by atoms with Crippen molar-refractivity contribution >= 4 is 5.91 Å². The van der Waals surface area contributed by atoms with Gasteiger partial charge in [-0.2, -0.15) is 13.2 Å². The Morgan fingerprint density at radius 3 is 2.68 bits per heavy atom. The molecule has 0 aromatic carbocycles. The Labute approximate surface area is 124 Å². The minimum absolute atomic E-state index is 0.0472. The molecule has 1 aromatic heterocycles. The first kappa shape index (κ1) is 15.1. The van der Waals surface area contributed by atoms with Gasteiger partial charge in [0.15, 0.2) is 6.61 Å². The second-order valence-electron chi connectivity index (χ2n) is 5.85. The van der Waals surface area contributed by atoms with Crippen molar-refractivity contribution in [2.45, 2.75) is 25.1 Å². The number of rotatable bonds is 3. The van der Waals surface area contributed by atoms with Crippen LogP contribution in [0.4, 0.5) is 13.2 Å². The topological polar surface area (TPSA) is 62.7 Å². The summed E-state index contributed by atoms with van der Waals surface area (Å²) >= 11 is 0. The fourth-order valence-corrected chi connectivity index (χ4v) is 2.68. The highest BCUT2D eigenvalue weighted by atomic mass is 19.4. The summed E-state index contributed by atoms with van der Waals surface area (Å²) in [5, 5.41) is 9.94. The van der Waals surface area contributed by atoms with E-state index in [-0.39, 0.29) is 29.3 Å². The smallest absolute Gasteiger partial charge is 0.422 e. The third-order valence-corrected chi connectivity index (χ3v) is 4.14. The number of carbonyl (C=O) groups is 1. The molecule has 120 valence electrons. The Hall–Kier alpha value is -1.83. The van der Waals surface area contributed by atoms with Crippen LogP contribution in [0.25, 0.3) is 0 Å². The molecule has 0 bridgehead atoms. The zero-order valence-corrected chi connectivity index (χ0v) is 11.6. The maximum absolute atomic E-state index is 12.3. The average Bonchev–Trinajstić information content (AvgIpc) is 3.16. The molecule has 1 N–H and O–H groups in total. The summed E-state index contributed by atoms with van der Waals surface area (Å²) in [4.78, 5) is 17.7. The first-order chi connectivity index (χ1) is 10.3. The number of carbonyl (C=O) groups excluding carboxylic acids is 1. The molecule has 1 unspecified atom stereocenters. The molecule has 1 saturated carbocycles. The Balaban J connectivity index is 1.62.